The molecule has 1 aliphatic rings. The maximum atomic E-state index is 13.0. The van der Waals surface area contributed by atoms with E-state index in [4.69, 9.17) is 5.73 Å². The van der Waals surface area contributed by atoms with Gasteiger partial charge in [-0.2, -0.15) is 0 Å². The van der Waals surface area contributed by atoms with Crippen LogP contribution in [-0.2, 0) is 34.2 Å². The van der Waals surface area contributed by atoms with Crippen molar-refractivity contribution in [3.8, 4) is 0 Å². The number of fused-ring (bicyclic) bond motifs is 2. The van der Waals surface area contributed by atoms with E-state index in [9.17, 15) is 13.2 Å². The normalized spacial score (nSPS) is 14.7. The molecule has 1 atom stereocenters. The molecule has 0 saturated carbocycles. The van der Waals surface area contributed by atoms with Crippen LogP contribution in [-0.4, -0.2) is 43.3 Å². The summed E-state index contributed by atoms with van der Waals surface area (Å²) in [5, 5.41) is 1.07. The highest BCUT2D eigenvalue weighted by Crippen LogP contribution is 2.24. The largest absolute Gasteiger partial charge is 0.361 e. The van der Waals surface area contributed by atoms with Crippen LogP contribution in [0.2, 0.25) is 0 Å². The second kappa shape index (κ2) is 9.40. The molecule has 3 aromatic rings. The van der Waals surface area contributed by atoms with Crippen LogP contribution in [0.5, 0.6) is 0 Å². The molecule has 0 spiro atoms. The first kappa shape index (κ1) is 23.3. The second-order valence-corrected chi connectivity index (χ2v) is 9.38. The van der Waals surface area contributed by atoms with Gasteiger partial charge in [0.25, 0.3) is 0 Å². The number of hydrogen-bond acceptors (Lipinski definition) is 4. The van der Waals surface area contributed by atoms with Crippen molar-refractivity contribution >= 4 is 39.2 Å². The number of rotatable bonds is 6. The number of nitrogens with zero attached hydrogens (tertiary/aromatic N) is 1. The molecule has 0 bridgehead atoms. The van der Waals surface area contributed by atoms with Crippen molar-refractivity contribution in [2.45, 2.75) is 37.2 Å². The molecule has 0 fully saturated rings. The van der Waals surface area contributed by atoms with Gasteiger partial charge in [-0.05, 0) is 47.7 Å². The van der Waals surface area contributed by atoms with Crippen molar-refractivity contribution in [1.82, 2.24) is 14.6 Å². The van der Waals surface area contributed by atoms with Gasteiger partial charge in [-0.3, -0.25) is 4.79 Å². The van der Waals surface area contributed by atoms with E-state index in [0.29, 0.717) is 32.5 Å². The van der Waals surface area contributed by atoms with Crippen molar-refractivity contribution in [3.63, 3.8) is 0 Å². The van der Waals surface area contributed by atoms with E-state index < -0.39 is 16.1 Å². The first-order chi connectivity index (χ1) is 14.4. The monoisotopic (exact) mass is 462 g/mol. The summed E-state index contributed by atoms with van der Waals surface area (Å²) in [6.07, 6.45) is 3.03. The van der Waals surface area contributed by atoms with Gasteiger partial charge in [0, 0.05) is 36.7 Å². The Morgan fingerprint density at radius 2 is 2.00 bits per heavy atom. The summed E-state index contributed by atoms with van der Waals surface area (Å²) in [5.41, 5.74) is 10.2. The predicted molar refractivity (Wildman–Crippen MR) is 124 cm³/mol. The van der Waals surface area contributed by atoms with E-state index in [1.165, 1.54) is 0 Å². The molecule has 2 heterocycles. The zero-order chi connectivity index (χ0) is 21.3. The molecule has 0 radical (unpaired) electrons. The summed E-state index contributed by atoms with van der Waals surface area (Å²) in [6, 6.07) is 12.4. The summed E-state index contributed by atoms with van der Waals surface area (Å²) in [6.45, 7) is 3.01. The lowest BCUT2D eigenvalue weighted by atomic mass is 9.98. The molecule has 1 amide bonds. The quantitative estimate of drug-likeness (QED) is 0.522. The van der Waals surface area contributed by atoms with E-state index in [-0.39, 0.29) is 23.2 Å². The molecule has 0 aliphatic carbocycles. The maximum Gasteiger partial charge on any atom is 0.240 e. The van der Waals surface area contributed by atoms with Crippen LogP contribution in [0, 0.1) is 0 Å². The molecule has 1 aromatic heterocycles. The van der Waals surface area contributed by atoms with Gasteiger partial charge in [0.2, 0.25) is 15.9 Å². The van der Waals surface area contributed by atoms with Crippen molar-refractivity contribution in [3.05, 3.63) is 65.4 Å². The number of carbonyl (C=O) groups is 1. The lowest BCUT2D eigenvalue weighted by molar-refractivity contribution is -0.133. The highest BCUT2D eigenvalue weighted by Gasteiger charge is 2.27. The molecule has 4 rings (SSSR count). The molecule has 1 aliphatic heterocycles. The van der Waals surface area contributed by atoms with Crippen molar-refractivity contribution < 1.29 is 13.2 Å². The molecule has 31 heavy (non-hydrogen) atoms. The minimum atomic E-state index is -3.53. The smallest absolute Gasteiger partial charge is 0.240 e. The van der Waals surface area contributed by atoms with E-state index in [1.54, 1.807) is 24.0 Å². The highest BCUT2D eigenvalue weighted by atomic mass is 35.5. The molecule has 2 aromatic carbocycles. The number of nitrogens with one attached hydrogen (secondary N) is 2. The van der Waals surface area contributed by atoms with Crippen LogP contribution < -0.4 is 10.5 Å². The zero-order valence-corrected chi connectivity index (χ0v) is 18.9. The van der Waals surface area contributed by atoms with Crippen LogP contribution in [0.1, 0.15) is 23.6 Å². The Morgan fingerprint density at radius 3 is 2.77 bits per heavy atom. The van der Waals surface area contributed by atoms with Gasteiger partial charge in [-0.1, -0.05) is 31.2 Å². The van der Waals surface area contributed by atoms with Gasteiger partial charge in [0.1, 0.15) is 0 Å². The van der Waals surface area contributed by atoms with Gasteiger partial charge >= 0.3 is 0 Å². The topological polar surface area (TPSA) is 108 Å². The molecule has 166 valence electrons. The molecule has 7 nitrogen and oxygen atoms in total. The number of aromatic nitrogens is 1. The molecular formula is C22H27ClN4O3S. The van der Waals surface area contributed by atoms with E-state index >= 15 is 0 Å². The zero-order valence-electron chi connectivity index (χ0n) is 17.3. The average molecular weight is 463 g/mol. The third kappa shape index (κ3) is 4.77. The lowest BCUT2D eigenvalue weighted by Crippen LogP contribution is -2.46. The Hall–Kier alpha value is -2.39. The number of hydrogen-bond donors (Lipinski definition) is 3. The highest BCUT2D eigenvalue weighted by molar-refractivity contribution is 7.89. The summed E-state index contributed by atoms with van der Waals surface area (Å²) in [5.74, 6) is -0.120. The minimum Gasteiger partial charge on any atom is -0.361 e. The number of nitrogens with two attached hydrogens (primary N) is 1. The van der Waals surface area contributed by atoms with Gasteiger partial charge in [0.05, 0.1) is 10.9 Å². The summed E-state index contributed by atoms with van der Waals surface area (Å²) >= 11 is 0. The standard InChI is InChI=1S/C22H26N4O3S.ClH/c1-2-25-30(28,29)18-8-7-15-9-10-26(14-17(15)11-18)22(27)20(23)12-16-13-24-21-6-4-3-5-19(16)21;/h3-8,11,13,20,24-25H,2,9-10,12,14,23H2,1H3;1H. The van der Waals surface area contributed by atoms with Crippen LogP contribution in [0.15, 0.2) is 53.6 Å². The van der Waals surface area contributed by atoms with Crippen molar-refractivity contribution in [1.29, 1.82) is 0 Å². The van der Waals surface area contributed by atoms with Crippen molar-refractivity contribution in [2.24, 2.45) is 5.73 Å². The second-order valence-electron chi connectivity index (χ2n) is 7.61. The van der Waals surface area contributed by atoms with Gasteiger partial charge in [-0.15, -0.1) is 12.4 Å². The predicted octanol–water partition coefficient (Wildman–Crippen LogP) is 2.34. The van der Waals surface area contributed by atoms with Crippen molar-refractivity contribution in [2.75, 3.05) is 13.1 Å². The number of sulfonamides is 1. The van der Waals surface area contributed by atoms with Crippen LogP contribution in [0.3, 0.4) is 0 Å². The Kier molecular flexibility index (Phi) is 7.06. The summed E-state index contributed by atoms with van der Waals surface area (Å²) < 4.78 is 27.1. The molecule has 9 heteroatoms. The van der Waals surface area contributed by atoms with Gasteiger partial charge in [0.15, 0.2) is 0 Å². The molecular weight excluding hydrogens is 436 g/mol. The third-order valence-electron chi connectivity index (χ3n) is 5.58. The minimum absolute atomic E-state index is 0. The summed E-state index contributed by atoms with van der Waals surface area (Å²) in [7, 11) is -3.53. The SMILES string of the molecule is CCNS(=O)(=O)c1ccc2c(c1)CN(C(=O)C(N)Cc1c[nH]c3ccccc13)CC2.Cl. The lowest BCUT2D eigenvalue weighted by Gasteiger charge is -2.31. The molecule has 0 saturated heterocycles. The fourth-order valence-electron chi connectivity index (χ4n) is 4.02. The number of para-hydroxylation sites is 1. The van der Waals surface area contributed by atoms with Crippen LogP contribution in [0.4, 0.5) is 0 Å². The number of aromatic amines is 1. The fourth-order valence-corrected chi connectivity index (χ4v) is 5.11. The van der Waals surface area contributed by atoms with Gasteiger partial charge in [-0.25, -0.2) is 13.1 Å². The molecule has 1 unspecified atom stereocenters. The van der Waals surface area contributed by atoms with E-state index in [0.717, 1.165) is 27.6 Å². The van der Waals surface area contributed by atoms with Crippen LogP contribution >= 0.6 is 12.4 Å². The Morgan fingerprint density at radius 1 is 1.23 bits per heavy atom. The fraction of sp³-hybridized carbons (Fsp3) is 0.318. The number of carbonyl (C=O) groups excluding carboxylic acids is 1. The van der Waals surface area contributed by atoms with E-state index in [2.05, 4.69) is 9.71 Å². The Bertz CT molecular complexity index is 1190. The maximum absolute atomic E-state index is 13.0. The molecule has 4 N–H and O–H groups in total. The average Bonchev–Trinajstić information content (AvgIpc) is 3.15. The Labute approximate surface area is 188 Å². The number of halogens is 1. The third-order valence-corrected chi connectivity index (χ3v) is 7.12. The van der Waals surface area contributed by atoms with E-state index in [1.807, 2.05) is 36.5 Å². The first-order valence-corrected chi connectivity index (χ1v) is 11.6. The first-order valence-electron chi connectivity index (χ1n) is 10.1. The summed E-state index contributed by atoms with van der Waals surface area (Å²) in [4.78, 5) is 18.2. The van der Waals surface area contributed by atoms with Crippen LogP contribution in [0.25, 0.3) is 10.9 Å². The number of amides is 1. The number of H-pyrrole nitrogens is 1. The Balaban J connectivity index is 0.00000272. The number of benzene rings is 2. The van der Waals surface area contributed by atoms with Gasteiger partial charge < -0.3 is 15.6 Å².